The third-order valence-corrected chi connectivity index (χ3v) is 2.03. The summed E-state index contributed by atoms with van der Waals surface area (Å²) in [6, 6.07) is 0. The molecule has 3 heteroatoms. The predicted octanol–water partition coefficient (Wildman–Crippen LogP) is 4.83. The fourth-order valence-electron chi connectivity index (χ4n) is 1.56. The Balaban J connectivity index is 0.000000424. The van der Waals surface area contributed by atoms with Gasteiger partial charge < -0.3 is 0 Å². The summed E-state index contributed by atoms with van der Waals surface area (Å²) in [6.07, 6.45) is 6.10. The Bertz CT molecular complexity index is 207. The molecule has 0 saturated heterocycles. The van der Waals surface area contributed by atoms with E-state index in [4.69, 9.17) is 17.0 Å². The van der Waals surface area contributed by atoms with Crippen molar-refractivity contribution in [2.24, 2.45) is 0 Å². The van der Waals surface area contributed by atoms with Gasteiger partial charge in [-0.05, 0) is 32.3 Å². The first-order valence-electron chi connectivity index (χ1n) is 4.47. The molecule has 0 saturated carbocycles. The molecule has 0 aliphatic heterocycles. The fraction of sp³-hybridized carbons (Fsp3) is 0.600. The van der Waals surface area contributed by atoms with Gasteiger partial charge in [0.05, 0.1) is 0 Å². The minimum absolute atomic E-state index is 0.826. The molecule has 1 aliphatic carbocycles. The molecule has 0 aromatic carbocycles. The van der Waals surface area contributed by atoms with E-state index in [-0.39, 0.29) is 0 Å². The van der Waals surface area contributed by atoms with Crippen molar-refractivity contribution < 1.29 is 20.8 Å². The van der Waals surface area contributed by atoms with Crippen molar-refractivity contribution in [1.29, 1.82) is 0 Å². The third-order valence-electron chi connectivity index (χ3n) is 2.03. The van der Waals surface area contributed by atoms with Gasteiger partial charge in [0.1, 0.15) is 0 Å². The van der Waals surface area contributed by atoms with Gasteiger partial charge >= 0.3 is 37.9 Å². The predicted molar refractivity (Wildman–Crippen MR) is 57.7 cm³/mol. The van der Waals surface area contributed by atoms with Crippen LogP contribution in [-0.4, -0.2) is 0 Å². The van der Waals surface area contributed by atoms with E-state index in [1.54, 1.807) is 11.1 Å². The molecule has 0 spiro atoms. The second kappa shape index (κ2) is 8.27. The Morgan fingerprint density at radius 1 is 1.38 bits per heavy atom. The van der Waals surface area contributed by atoms with Crippen molar-refractivity contribution in [2.45, 2.75) is 40.0 Å². The van der Waals surface area contributed by atoms with Crippen LogP contribution in [0.1, 0.15) is 40.0 Å². The molecule has 0 atom stereocenters. The molecule has 0 unspecified atom stereocenters. The van der Waals surface area contributed by atoms with Crippen LogP contribution in [0, 0.1) is 0 Å². The standard InChI is InChI=1S/C10H16.2ClH.Zr/c1-4-5-10-7-8(2)6-9(10)3;;;/h7H,4-6H2,1-3H3;2*1H;/q;;;+2/p-2. The summed E-state index contributed by atoms with van der Waals surface area (Å²) in [6.45, 7) is 6.70. The first-order valence-corrected chi connectivity index (χ1v) is 10.8. The summed E-state index contributed by atoms with van der Waals surface area (Å²) in [5.74, 6) is 0. The number of hydrogen-bond acceptors (Lipinski definition) is 0. The molecule has 0 aromatic heterocycles. The van der Waals surface area contributed by atoms with Crippen molar-refractivity contribution in [2.75, 3.05) is 0 Å². The summed E-state index contributed by atoms with van der Waals surface area (Å²) in [7, 11) is 9.87. The average Bonchev–Trinajstić information content (AvgIpc) is 2.33. The third kappa shape index (κ3) is 6.10. The van der Waals surface area contributed by atoms with Gasteiger partial charge in [0.2, 0.25) is 0 Å². The maximum atomic E-state index is 4.93. The van der Waals surface area contributed by atoms with Crippen LogP contribution in [0.2, 0.25) is 0 Å². The summed E-state index contributed by atoms with van der Waals surface area (Å²) >= 11 is -0.826. The van der Waals surface area contributed by atoms with E-state index in [1.165, 1.54) is 24.8 Å². The zero-order chi connectivity index (χ0) is 10.3. The van der Waals surface area contributed by atoms with E-state index in [0.29, 0.717) is 0 Å². The quantitative estimate of drug-likeness (QED) is 0.685. The number of halogens is 2. The molecule has 0 aromatic rings. The first kappa shape index (κ1) is 13.9. The van der Waals surface area contributed by atoms with Crippen LogP contribution in [0.4, 0.5) is 0 Å². The summed E-state index contributed by atoms with van der Waals surface area (Å²) < 4.78 is 0. The van der Waals surface area contributed by atoms with Crippen molar-refractivity contribution in [3.05, 3.63) is 22.8 Å². The van der Waals surface area contributed by atoms with Gasteiger partial charge in [0.15, 0.2) is 0 Å². The molecule has 0 N–H and O–H groups in total. The molecular weight excluding hydrogens is 282 g/mol. The van der Waals surface area contributed by atoms with E-state index >= 15 is 0 Å². The molecule has 74 valence electrons. The second-order valence-electron chi connectivity index (χ2n) is 3.29. The van der Waals surface area contributed by atoms with Crippen molar-refractivity contribution in [1.82, 2.24) is 0 Å². The minimum atomic E-state index is -0.826. The Morgan fingerprint density at radius 3 is 2.23 bits per heavy atom. The number of hydrogen-bond donors (Lipinski definition) is 0. The van der Waals surface area contributed by atoms with Gasteiger partial charge in [0.25, 0.3) is 0 Å². The molecule has 0 heterocycles. The van der Waals surface area contributed by atoms with Gasteiger partial charge in [-0.3, -0.25) is 0 Å². The molecule has 0 amide bonds. The van der Waals surface area contributed by atoms with E-state index in [0.717, 1.165) is 0 Å². The molecule has 0 radical (unpaired) electrons. The van der Waals surface area contributed by atoms with Gasteiger partial charge in [-0.1, -0.05) is 30.6 Å². The van der Waals surface area contributed by atoms with Crippen LogP contribution in [0.3, 0.4) is 0 Å². The zero-order valence-corrected chi connectivity index (χ0v) is 12.4. The van der Waals surface area contributed by atoms with Crippen LogP contribution in [0.5, 0.6) is 0 Å². The monoisotopic (exact) mass is 296 g/mol. The maximum absolute atomic E-state index is 4.93. The normalized spacial score (nSPS) is 15.0. The van der Waals surface area contributed by atoms with Crippen LogP contribution in [-0.2, 0) is 20.8 Å². The van der Waals surface area contributed by atoms with Crippen LogP contribution >= 0.6 is 17.0 Å². The summed E-state index contributed by atoms with van der Waals surface area (Å²) in [5, 5.41) is 0. The topological polar surface area (TPSA) is 0 Å². The van der Waals surface area contributed by atoms with Gasteiger partial charge in [0, 0.05) is 0 Å². The Labute approximate surface area is 100 Å². The molecule has 0 bridgehead atoms. The SMILES string of the molecule is CCCC1=C(C)CC(C)=C1.[Cl][Zr][Cl]. The molecule has 1 rings (SSSR count). The number of allylic oxidation sites excluding steroid dienone is 4. The number of rotatable bonds is 2. The zero-order valence-electron chi connectivity index (χ0n) is 8.45. The Kier molecular flexibility index (Phi) is 8.87. The van der Waals surface area contributed by atoms with Gasteiger partial charge in [-0.15, -0.1) is 0 Å². The van der Waals surface area contributed by atoms with E-state index in [2.05, 4.69) is 26.8 Å². The second-order valence-corrected chi connectivity index (χ2v) is 7.03. The average molecular weight is 298 g/mol. The summed E-state index contributed by atoms with van der Waals surface area (Å²) in [4.78, 5) is 0. The van der Waals surface area contributed by atoms with Gasteiger partial charge in [-0.25, -0.2) is 0 Å². The van der Waals surface area contributed by atoms with Crippen LogP contribution in [0.15, 0.2) is 22.8 Å². The molecular formula is C10H16Cl2Zr. The van der Waals surface area contributed by atoms with E-state index < -0.39 is 20.8 Å². The van der Waals surface area contributed by atoms with Crippen LogP contribution < -0.4 is 0 Å². The first-order chi connectivity index (χ1) is 6.15. The fourth-order valence-corrected chi connectivity index (χ4v) is 1.56. The molecule has 1 aliphatic rings. The Hall–Kier alpha value is 0.943. The Morgan fingerprint density at radius 2 is 1.92 bits per heavy atom. The van der Waals surface area contributed by atoms with E-state index in [1.807, 2.05) is 0 Å². The van der Waals surface area contributed by atoms with Crippen molar-refractivity contribution in [3.8, 4) is 0 Å². The molecule has 0 nitrogen and oxygen atoms in total. The molecule has 0 fully saturated rings. The van der Waals surface area contributed by atoms with Gasteiger partial charge in [-0.2, -0.15) is 0 Å². The van der Waals surface area contributed by atoms with Crippen molar-refractivity contribution >= 4 is 17.0 Å². The summed E-state index contributed by atoms with van der Waals surface area (Å²) in [5.41, 5.74) is 4.69. The van der Waals surface area contributed by atoms with Crippen molar-refractivity contribution in [3.63, 3.8) is 0 Å². The molecule has 13 heavy (non-hydrogen) atoms. The van der Waals surface area contributed by atoms with E-state index in [9.17, 15) is 0 Å². The van der Waals surface area contributed by atoms with Crippen LogP contribution in [0.25, 0.3) is 0 Å².